The minimum absolute atomic E-state index is 0.0778. The molecule has 9 heteroatoms. The Bertz CT molecular complexity index is 580. The maximum Gasteiger partial charge on any atom is 0.492 e. The zero-order chi connectivity index (χ0) is 16.5. The second-order valence-corrected chi connectivity index (χ2v) is 5.57. The topological polar surface area (TPSA) is 59.6 Å². The fraction of sp³-hybridized carbons (Fsp3) is 0.462. The molecule has 1 aliphatic heterocycles. The predicted molar refractivity (Wildman–Crippen MR) is 72.9 cm³/mol. The number of carbonyl (C=O) groups is 1. The Kier molecular flexibility index (Phi) is 4.32. The lowest BCUT2D eigenvalue weighted by molar-refractivity contribution is -0.317. The third kappa shape index (κ3) is 3.32. The molecular weight excluding hydrogens is 325 g/mol. The Morgan fingerprint density at radius 1 is 1.32 bits per heavy atom. The van der Waals surface area contributed by atoms with Crippen LogP contribution in [-0.2, 0) is 0 Å². The molecule has 22 heavy (non-hydrogen) atoms. The van der Waals surface area contributed by atoms with Crippen LogP contribution in [0.2, 0.25) is 5.02 Å². The van der Waals surface area contributed by atoms with E-state index in [0.717, 1.165) is 0 Å². The number of carbonyl (C=O) groups excluding carboxylic acids is 1. The number of benzene rings is 1. The standard InChI is InChI=1S/C13H14ClF3N2O3/c1-7(2)6-18-11(20)19-13(12(15,16)17)21-9-4-3-8(14)5-10(9)22-13/h3-5,7H,6H2,1-2H3,(H2,18,19,20)/t13-/m0/s1. The lowest BCUT2D eigenvalue weighted by Crippen LogP contribution is -2.66. The first kappa shape index (κ1) is 16.5. The van der Waals surface area contributed by atoms with Crippen molar-refractivity contribution in [2.75, 3.05) is 6.54 Å². The highest BCUT2D eigenvalue weighted by Gasteiger charge is 2.65. The van der Waals surface area contributed by atoms with Gasteiger partial charge in [-0.2, -0.15) is 13.2 Å². The Morgan fingerprint density at radius 2 is 1.95 bits per heavy atom. The van der Waals surface area contributed by atoms with Gasteiger partial charge in [-0.1, -0.05) is 25.4 Å². The molecule has 2 N–H and O–H groups in total. The zero-order valence-electron chi connectivity index (χ0n) is 11.8. The highest BCUT2D eigenvalue weighted by Crippen LogP contribution is 2.45. The summed E-state index contributed by atoms with van der Waals surface area (Å²) in [5.41, 5.74) is 0. The molecule has 0 unspecified atom stereocenters. The van der Waals surface area contributed by atoms with Gasteiger partial charge >= 0.3 is 18.1 Å². The van der Waals surface area contributed by atoms with Crippen molar-refractivity contribution in [3.63, 3.8) is 0 Å². The van der Waals surface area contributed by atoms with Crippen LogP contribution in [0.4, 0.5) is 18.0 Å². The summed E-state index contributed by atoms with van der Waals surface area (Å²) < 4.78 is 49.6. The molecule has 0 aliphatic carbocycles. The molecule has 0 radical (unpaired) electrons. The summed E-state index contributed by atoms with van der Waals surface area (Å²) in [6.07, 6.45) is -4.99. The van der Waals surface area contributed by atoms with Crippen LogP contribution in [0.5, 0.6) is 11.5 Å². The van der Waals surface area contributed by atoms with Gasteiger partial charge in [0.1, 0.15) is 0 Å². The van der Waals surface area contributed by atoms with Crippen molar-refractivity contribution in [1.29, 1.82) is 0 Å². The van der Waals surface area contributed by atoms with Crippen LogP contribution in [0.3, 0.4) is 0 Å². The Labute approximate surface area is 129 Å². The monoisotopic (exact) mass is 338 g/mol. The lowest BCUT2D eigenvalue weighted by Gasteiger charge is -2.29. The highest BCUT2D eigenvalue weighted by molar-refractivity contribution is 6.30. The molecule has 0 saturated carbocycles. The first-order chi connectivity index (χ1) is 10.1. The number of alkyl halides is 3. The third-order valence-electron chi connectivity index (χ3n) is 2.74. The number of fused-ring (bicyclic) bond motifs is 1. The predicted octanol–water partition coefficient (Wildman–Crippen LogP) is 3.28. The Morgan fingerprint density at radius 3 is 2.55 bits per heavy atom. The van der Waals surface area contributed by atoms with Crippen LogP contribution in [-0.4, -0.2) is 24.7 Å². The quantitative estimate of drug-likeness (QED) is 0.889. The second kappa shape index (κ2) is 5.75. The molecule has 1 heterocycles. The molecule has 0 aromatic heterocycles. The van der Waals surface area contributed by atoms with Crippen LogP contribution in [0.1, 0.15) is 13.8 Å². The molecule has 0 spiro atoms. The average molecular weight is 339 g/mol. The summed E-state index contributed by atoms with van der Waals surface area (Å²) in [5.74, 6) is -3.56. The van der Waals surface area contributed by atoms with E-state index in [4.69, 9.17) is 21.1 Å². The van der Waals surface area contributed by atoms with Crippen molar-refractivity contribution in [3.05, 3.63) is 23.2 Å². The number of hydrogen-bond donors (Lipinski definition) is 2. The molecule has 2 rings (SSSR count). The lowest BCUT2D eigenvalue weighted by atomic mass is 10.2. The van der Waals surface area contributed by atoms with E-state index in [1.165, 1.54) is 18.2 Å². The molecule has 1 aliphatic rings. The summed E-state index contributed by atoms with van der Waals surface area (Å²) in [6.45, 7) is 3.82. The van der Waals surface area contributed by atoms with Crippen LogP contribution in [0, 0.1) is 5.92 Å². The molecule has 1 aromatic rings. The van der Waals surface area contributed by atoms with E-state index in [9.17, 15) is 18.0 Å². The smallest absolute Gasteiger partial charge is 0.424 e. The molecule has 0 bridgehead atoms. The fourth-order valence-corrected chi connectivity index (χ4v) is 1.87. The molecule has 0 saturated heterocycles. The minimum atomic E-state index is -4.99. The first-order valence-electron chi connectivity index (χ1n) is 6.43. The van der Waals surface area contributed by atoms with E-state index in [1.807, 2.05) is 0 Å². The Hall–Kier alpha value is -1.83. The van der Waals surface area contributed by atoms with Gasteiger partial charge in [-0.15, -0.1) is 0 Å². The molecule has 0 fully saturated rings. The van der Waals surface area contributed by atoms with E-state index >= 15 is 0 Å². The molecule has 122 valence electrons. The average Bonchev–Trinajstić information content (AvgIpc) is 2.74. The van der Waals surface area contributed by atoms with Gasteiger partial charge in [0.25, 0.3) is 0 Å². The number of halogens is 4. The van der Waals surface area contributed by atoms with E-state index in [-0.39, 0.29) is 29.0 Å². The Balaban J connectivity index is 2.20. The largest absolute Gasteiger partial charge is 0.492 e. The van der Waals surface area contributed by atoms with Crippen LogP contribution < -0.4 is 20.1 Å². The number of nitrogens with one attached hydrogen (secondary N) is 2. The van der Waals surface area contributed by atoms with Gasteiger partial charge in [-0.05, 0) is 18.1 Å². The summed E-state index contributed by atoms with van der Waals surface area (Å²) in [4.78, 5) is 11.7. The van der Waals surface area contributed by atoms with Crippen molar-refractivity contribution >= 4 is 17.6 Å². The summed E-state index contributed by atoms with van der Waals surface area (Å²) >= 11 is 5.70. The van der Waals surface area contributed by atoms with Gasteiger partial charge in [0.05, 0.1) is 0 Å². The van der Waals surface area contributed by atoms with Crippen LogP contribution in [0.25, 0.3) is 0 Å². The maximum atomic E-state index is 13.3. The van der Waals surface area contributed by atoms with Crippen molar-refractivity contribution in [1.82, 2.24) is 10.6 Å². The van der Waals surface area contributed by atoms with Gasteiger partial charge in [-0.25, -0.2) is 4.79 Å². The van der Waals surface area contributed by atoms with E-state index in [0.29, 0.717) is 0 Å². The number of urea groups is 1. The fourth-order valence-electron chi connectivity index (χ4n) is 1.70. The number of rotatable bonds is 3. The van der Waals surface area contributed by atoms with Gasteiger partial charge in [0.15, 0.2) is 11.5 Å². The molecule has 2 amide bonds. The van der Waals surface area contributed by atoms with Crippen molar-refractivity contribution in [3.8, 4) is 11.5 Å². The summed E-state index contributed by atoms with van der Waals surface area (Å²) in [6, 6.07) is 2.72. The molecular formula is C13H14ClF3N2O3. The van der Waals surface area contributed by atoms with Crippen LogP contribution >= 0.6 is 11.6 Å². The minimum Gasteiger partial charge on any atom is -0.424 e. The van der Waals surface area contributed by atoms with E-state index < -0.39 is 18.1 Å². The van der Waals surface area contributed by atoms with Gasteiger partial charge in [-0.3, -0.25) is 5.32 Å². The van der Waals surface area contributed by atoms with Gasteiger partial charge in [0.2, 0.25) is 0 Å². The molecule has 1 atom stereocenters. The molecule has 5 nitrogen and oxygen atoms in total. The maximum absolute atomic E-state index is 13.3. The van der Waals surface area contributed by atoms with Crippen molar-refractivity contribution in [2.24, 2.45) is 5.92 Å². The summed E-state index contributed by atoms with van der Waals surface area (Å²) in [5, 5.41) is 4.18. The first-order valence-corrected chi connectivity index (χ1v) is 6.81. The van der Waals surface area contributed by atoms with Crippen molar-refractivity contribution in [2.45, 2.75) is 25.9 Å². The zero-order valence-corrected chi connectivity index (χ0v) is 12.5. The second-order valence-electron chi connectivity index (χ2n) is 5.14. The number of hydrogen-bond acceptors (Lipinski definition) is 3. The third-order valence-corrected chi connectivity index (χ3v) is 2.97. The number of ether oxygens (including phenoxy) is 2. The van der Waals surface area contributed by atoms with Gasteiger partial charge < -0.3 is 14.8 Å². The van der Waals surface area contributed by atoms with Gasteiger partial charge in [0, 0.05) is 17.6 Å². The van der Waals surface area contributed by atoms with E-state index in [1.54, 1.807) is 19.2 Å². The molecule has 1 aromatic carbocycles. The summed E-state index contributed by atoms with van der Waals surface area (Å²) in [7, 11) is 0. The van der Waals surface area contributed by atoms with Crippen molar-refractivity contribution < 1.29 is 27.4 Å². The normalized spacial score (nSPS) is 20.1. The van der Waals surface area contributed by atoms with Crippen LogP contribution in [0.15, 0.2) is 18.2 Å². The highest BCUT2D eigenvalue weighted by atomic mass is 35.5. The van der Waals surface area contributed by atoms with E-state index in [2.05, 4.69) is 5.32 Å². The number of amides is 2. The SMILES string of the molecule is CC(C)CNC(=O)N[C@@]1(C(F)(F)F)Oc2ccc(Cl)cc2O1.